The summed E-state index contributed by atoms with van der Waals surface area (Å²) in [6.07, 6.45) is 1.60. The molecule has 1 aromatic heterocycles. The lowest BCUT2D eigenvalue weighted by atomic mass is 10.3. The van der Waals surface area contributed by atoms with E-state index in [2.05, 4.69) is 26.2 Å². The summed E-state index contributed by atoms with van der Waals surface area (Å²) < 4.78 is 6.17. The van der Waals surface area contributed by atoms with E-state index in [-0.39, 0.29) is 12.5 Å². The zero-order chi connectivity index (χ0) is 13.7. The standard InChI is InChI=1S/C13H12BrN3O2/c14-9-5-6-12(16-7-9)17-13(18)8-19-11-4-2-1-3-10(11)15/h1-7H,8,15H2,(H,16,17,18). The Hall–Kier alpha value is -2.08. The number of carbonyl (C=O) groups excluding carboxylic acids is 1. The van der Waals surface area contributed by atoms with Crippen LogP contribution in [0, 0.1) is 0 Å². The van der Waals surface area contributed by atoms with E-state index in [9.17, 15) is 4.79 Å². The molecule has 1 amide bonds. The molecule has 0 unspecified atom stereocenters. The molecule has 98 valence electrons. The van der Waals surface area contributed by atoms with Crippen molar-refractivity contribution >= 4 is 33.3 Å². The highest BCUT2D eigenvalue weighted by molar-refractivity contribution is 9.10. The van der Waals surface area contributed by atoms with Crippen molar-refractivity contribution in [1.82, 2.24) is 4.98 Å². The van der Waals surface area contributed by atoms with E-state index in [0.717, 1.165) is 4.47 Å². The van der Waals surface area contributed by atoms with Gasteiger partial charge in [-0.2, -0.15) is 0 Å². The third-order valence-electron chi connectivity index (χ3n) is 2.27. The van der Waals surface area contributed by atoms with Gasteiger partial charge in [-0.05, 0) is 40.2 Å². The van der Waals surface area contributed by atoms with Gasteiger partial charge in [0, 0.05) is 10.7 Å². The number of aromatic nitrogens is 1. The Bertz CT molecular complexity index is 572. The molecule has 0 aliphatic heterocycles. The Kier molecular flexibility index (Phi) is 4.35. The van der Waals surface area contributed by atoms with Crippen LogP contribution in [-0.2, 0) is 4.79 Å². The first-order valence-corrected chi connectivity index (χ1v) is 6.33. The number of ether oxygens (including phenoxy) is 1. The third-order valence-corrected chi connectivity index (χ3v) is 2.74. The topological polar surface area (TPSA) is 77.2 Å². The first-order valence-electron chi connectivity index (χ1n) is 5.54. The predicted molar refractivity (Wildman–Crippen MR) is 76.9 cm³/mol. The molecule has 0 aliphatic rings. The van der Waals surface area contributed by atoms with Crippen LogP contribution in [0.4, 0.5) is 11.5 Å². The Morgan fingerprint density at radius 1 is 1.32 bits per heavy atom. The minimum Gasteiger partial charge on any atom is -0.482 e. The number of hydrogen-bond donors (Lipinski definition) is 2. The lowest BCUT2D eigenvalue weighted by molar-refractivity contribution is -0.118. The number of anilines is 2. The minimum absolute atomic E-state index is 0.119. The largest absolute Gasteiger partial charge is 0.482 e. The molecular formula is C13H12BrN3O2. The molecule has 6 heteroatoms. The number of pyridine rings is 1. The van der Waals surface area contributed by atoms with E-state index in [1.54, 1.807) is 42.6 Å². The Balaban J connectivity index is 1.88. The summed E-state index contributed by atoms with van der Waals surface area (Å²) in [5.41, 5.74) is 6.20. The van der Waals surface area contributed by atoms with Crippen LogP contribution >= 0.6 is 15.9 Å². The van der Waals surface area contributed by atoms with Crippen molar-refractivity contribution in [1.29, 1.82) is 0 Å². The fourth-order valence-corrected chi connectivity index (χ4v) is 1.62. The minimum atomic E-state index is -0.293. The number of hydrogen-bond acceptors (Lipinski definition) is 4. The zero-order valence-electron chi connectivity index (χ0n) is 9.97. The van der Waals surface area contributed by atoms with Gasteiger partial charge in [0.25, 0.3) is 5.91 Å². The van der Waals surface area contributed by atoms with Gasteiger partial charge in [0.05, 0.1) is 5.69 Å². The SMILES string of the molecule is Nc1ccccc1OCC(=O)Nc1ccc(Br)cn1. The van der Waals surface area contributed by atoms with Crippen molar-refractivity contribution in [2.75, 3.05) is 17.7 Å². The number of nitrogens with one attached hydrogen (secondary N) is 1. The number of halogens is 1. The molecule has 3 N–H and O–H groups in total. The van der Waals surface area contributed by atoms with Gasteiger partial charge in [-0.3, -0.25) is 4.79 Å². The number of carbonyl (C=O) groups is 1. The quantitative estimate of drug-likeness (QED) is 0.848. The number of para-hydroxylation sites is 2. The molecule has 1 aromatic carbocycles. The molecular weight excluding hydrogens is 310 g/mol. The number of nitrogen functional groups attached to an aromatic ring is 1. The van der Waals surface area contributed by atoms with Gasteiger partial charge >= 0.3 is 0 Å². The fourth-order valence-electron chi connectivity index (χ4n) is 1.38. The predicted octanol–water partition coefficient (Wildman–Crippen LogP) is 2.44. The smallest absolute Gasteiger partial charge is 0.263 e. The second kappa shape index (κ2) is 6.19. The third kappa shape index (κ3) is 3.96. The molecule has 19 heavy (non-hydrogen) atoms. The van der Waals surface area contributed by atoms with Gasteiger partial charge in [0.1, 0.15) is 11.6 Å². The molecule has 0 spiro atoms. The summed E-state index contributed by atoms with van der Waals surface area (Å²) in [6.45, 7) is -0.119. The molecule has 0 saturated carbocycles. The lowest BCUT2D eigenvalue weighted by Gasteiger charge is -2.08. The van der Waals surface area contributed by atoms with Gasteiger partial charge < -0.3 is 15.8 Å². The van der Waals surface area contributed by atoms with E-state index < -0.39 is 0 Å². The summed E-state index contributed by atoms with van der Waals surface area (Å²) >= 11 is 3.27. The van der Waals surface area contributed by atoms with E-state index in [4.69, 9.17) is 10.5 Å². The Labute approximate surface area is 118 Å². The van der Waals surface area contributed by atoms with E-state index >= 15 is 0 Å². The number of nitrogens with zero attached hydrogens (tertiary/aromatic N) is 1. The Morgan fingerprint density at radius 3 is 2.79 bits per heavy atom. The monoisotopic (exact) mass is 321 g/mol. The van der Waals surface area contributed by atoms with Crippen molar-refractivity contribution in [2.45, 2.75) is 0 Å². The van der Waals surface area contributed by atoms with Crippen LogP contribution in [0.3, 0.4) is 0 Å². The van der Waals surface area contributed by atoms with Gasteiger partial charge in [0.15, 0.2) is 6.61 Å². The summed E-state index contributed by atoms with van der Waals surface area (Å²) in [5.74, 6) is 0.664. The van der Waals surface area contributed by atoms with E-state index in [1.165, 1.54) is 0 Å². The molecule has 5 nitrogen and oxygen atoms in total. The molecule has 0 atom stereocenters. The Morgan fingerprint density at radius 2 is 2.11 bits per heavy atom. The first kappa shape index (κ1) is 13.4. The highest BCUT2D eigenvalue weighted by Gasteiger charge is 2.06. The normalized spacial score (nSPS) is 9.95. The number of amides is 1. The van der Waals surface area contributed by atoms with Crippen LogP contribution in [-0.4, -0.2) is 17.5 Å². The molecule has 2 aromatic rings. The van der Waals surface area contributed by atoms with Gasteiger partial charge in [0.2, 0.25) is 0 Å². The second-order valence-corrected chi connectivity index (χ2v) is 4.65. The molecule has 1 heterocycles. The molecule has 0 bridgehead atoms. The van der Waals surface area contributed by atoms with Crippen LogP contribution in [0.25, 0.3) is 0 Å². The maximum absolute atomic E-state index is 11.7. The van der Waals surface area contributed by atoms with Crippen molar-refractivity contribution in [3.63, 3.8) is 0 Å². The van der Waals surface area contributed by atoms with Crippen molar-refractivity contribution in [2.24, 2.45) is 0 Å². The maximum Gasteiger partial charge on any atom is 0.263 e. The average Bonchev–Trinajstić information content (AvgIpc) is 2.40. The van der Waals surface area contributed by atoms with Crippen LogP contribution < -0.4 is 15.8 Å². The van der Waals surface area contributed by atoms with Crippen molar-refractivity contribution < 1.29 is 9.53 Å². The summed E-state index contributed by atoms with van der Waals surface area (Å²) in [5, 5.41) is 2.62. The van der Waals surface area contributed by atoms with E-state index in [1.807, 2.05) is 0 Å². The average molecular weight is 322 g/mol. The first-order chi connectivity index (χ1) is 9.15. The molecule has 0 aliphatic carbocycles. The van der Waals surface area contributed by atoms with Crippen LogP contribution in [0.1, 0.15) is 0 Å². The highest BCUT2D eigenvalue weighted by Crippen LogP contribution is 2.19. The fraction of sp³-hybridized carbons (Fsp3) is 0.0769. The van der Waals surface area contributed by atoms with Gasteiger partial charge in [-0.25, -0.2) is 4.98 Å². The summed E-state index contributed by atoms with van der Waals surface area (Å²) in [7, 11) is 0. The summed E-state index contributed by atoms with van der Waals surface area (Å²) in [4.78, 5) is 15.7. The van der Waals surface area contributed by atoms with Crippen LogP contribution in [0.5, 0.6) is 5.75 Å². The van der Waals surface area contributed by atoms with Crippen LogP contribution in [0.15, 0.2) is 47.1 Å². The van der Waals surface area contributed by atoms with Crippen molar-refractivity contribution in [3.8, 4) is 5.75 Å². The highest BCUT2D eigenvalue weighted by atomic mass is 79.9. The molecule has 2 rings (SSSR count). The molecule has 0 fully saturated rings. The number of nitrogens with two attached hydrogens (primary N) is 1. The lowest BCUT2D eigenvalue weighted by Crippen LogP contribution is -2.21. The van der Waals surface area contributed by atoms with Gasteiger partial charge in [-0.15, -0.1) is 0 Å². The van der Waals surface area contributed by atoms with Crippen LogP contribution in [0.2, 0.25) is 0 Å². The molecule has 0 radical (unpaired) electrons. The van der Waals surface area contributed by atoms with Crippen molar-refractivity contribution in [3.05, 3.63) is 47.1 Å². The zero-order valence-corrected chi connectivity index (χ0v) is 11.6. The number of benzene rings is 1. The summed E-state index contributed by atoms with van der Waals surface area (Å²) in [6, 6.07) is 10.5. The molecule has 0 saturated heterocycles. The number of rotatable bonds is 4. The maximum atomic E-state index is 11.7. The second-order valence-electron chi connectivity index (χ2n) is 3.74. The van der Waals surface area contributed by atoms with Gasteiger partial charge in [-0.1, -0.05) is 12.1 Å². The van der Waals surface area contributed by atoms with E-state index in [0.29, 0.717) is 17.3 Å².